The van der Waals surface area contributed by atoms with Crippen molar-refractivity contribution in [1.29, 1.82) is 0 Å². The quantitative estimate of drug-likeness (QED) is 0.269. The normalized spacial score (nSPS) is 21.1. The first-order valence-electron chi connectivity index (χ1n) is 15.4. The highest BCUT2D eigenvalue weighted by atomic mass is 32.2. The van der Waals surface area contributed by atoms with Crippen LogP contribution in [0.4, 0.5) is 24.8 Å². The molecule has 0 saturated carbocycles. The molecule has 1 amide bonds. The second-order valence-electron chi connectivity index (χ2n) is 12.1. The number of pyridine rings is 3. The number of sulfonamides is 1. The highest BCUT2D eigenvalue weighted by Crippen LogP contribution is 2.44. The van der Waals surface area contributed by atoms with Crippen molar-refractivity contribution in [2.45, 2.75) is 47.9 Å². The summed E-state index contributed by atoms with van der Waals surface area (Å²) >= 11 is 0. The maximum atomic E-state index is 13.4. The number of anilines is 2. The maximum Gasteiger partial charge on any atom is 0.417 e. The minimum atomic E-state index is -4.51. The van der Waals surface area contributed by atoms with Crippen LogP contribution in [0.1, 0.15) is 30.4 Å². The molecule has 2 atom stereocenters. The van der Waals surface area contributed by atoms with Crippen LogP contribution < -0.4 is 10.6 Å². The fraction of sp³-hybridized carbons (Fsp3) is 0.333. The van der Waals surface area contributed by atoms with E-state index in [0.29, 0.717) is 43.8 Å². The van der Waals surface area contributed by atoms with Gasteiger partial charge in [-0.25, -0.2) is 18.4 Å². The Morgan fingerprint density at radius 3 is 2.31 bits per heavy atom. The second kappa shape index (κ2) is 12.2. The van der Waals surface area contributed by atoms with E-state index in [0.717, 1.165) is 28.3 Å². The van der Waals surface area contributed by atoms with E-state index in [1.54, 1.807) is 24.5 Å². The van der Waals surface area contributed by atoms with E-state index in [2.05, 4.69) is 25.6 Å². The molecule has 0 aliphatic carbocycles. The fourth-order valence-corrected chi connectivity index (χ4v) is 7.94. The molecule has 3 aliphatic rings. The summed E-state index contributed by atoms with van der Waals surface area (Å²) in [6.07, 6.45) is -0.132. The monoisotopic (exact) mass is 680 g/mol. The van der Waals surface area contributed by atoms with Gasteiger partial charge in [0.05, 0.1) is 33.7 Å². The minimum Gasteiger partial charge on any atom is -0.390 e. The molecule has 15 heteroatoms. The number of carbonyl (C=O) groups is 1. The van der Waals surface area contributed by atoms with Gasteiger partial charge in [-0.05, 0) is 61.2 Å². The van der Waals surface area contributed by atoms with Crippen LogP contribution in [0.3, 0.4) is 0 Å². The summed E-state index contributed by atoms with van der Waals surface area (Å²) in [4.78, 5) is 25.8. The largest absolute Gasteiger partial charge is 0.417 e. The molecule has 3 aliphatic heterocycles. The van der Waals surface area contributed by atoms with Crippen molar-refractivity contribution in [1.82, 2.24) is 19.3 Å². The number of rotatable bonds is 6. The zero-order chi connectivity index (χ0) is 33.7. The van der Waals surface area contributed by atoms with Crippen LogP contribution in [0.15, 0.2) is 78.1 Å². The number of piperidine rings is 1. The average Bonchev–Trinajstić information content (AvgIpc) is 3.35. The Bertz CT molecular complexity index is 1930. The van der Waals surface area contributed by atoms with Gasteiger partial charge in [-0.2, -0.15) is 17.5 Å². The Kier molecular flexibility index (Phi) is 8.18. The number of ether oxygens (including phenoxy) is 1. The molecule has 3 N–H and O–H groups in total. The highest BCUT2D eigenvalue weighted by Gasteiger charge is 2.48. The maximum absolute atomic E-state index is 13.4. The molecule has 2 saturated heterocycles. The van der Waals surface area contributed by atoms with E-state index in [1.165, 1.54) is 22.5 Å². The van der Waals surface area contributed by atoms with Gasteiger partial charge >= 0.3 is 6.18 Å². The van der Waals surface area contributed by atoms with Gasteiger partial charge < -0.3 is 20.5 Å². The predicted octanol–water partition coefficient (Wildman–Crippen LogP) is 4.46. The number of fused-ring (bicyclic) bond motifs is 2. The number of carbonyl (C=O) groups excluding carboxylic acids is 1. The van der Waals surface area contributed by atoms with Gasteiger partial charge in [-0.15, -0.1) is 0 Å². The molecular weight excluding hydrogens is 649 g/mol. The van der Waals surface area contributed by atoms with Crippen LogP contribution in [-0.2, 0) is 31.1 Å². The summed E-state index contributed by atoms with van der Waals surface area (Å²) in [6.45, 7) is 0.926. The number of nitrogens with zero attached hydrogens (tertiary/aromatic N) is 4. The fourth-order valence-electron chi connectivity index (χ4n) is 6.46. The standard InChI is InChI=1S/C33H31F3N6O5S/c34-33(35,36)23-4-8-29(38-18-23)40-27-9-12-42(19-28(27)43)48(45,46)24-5-1-20(2-6-24)21-3-7-26(37-16-21)22-15-25-30(39-17-22)41-31(44)32(25)10-13-47-14-11-32/h1-8,15-18,27-28,43H,9-14,19H2,(H,38,40)(H,39,41,44)/t27-,28+/m1/s1. The molecule has 2 fully saturated rings. The number of aliphatic hydroxyl groups excluding tert-OH is 1. The van der Waals surface area contributed by atoms with Crippen LogP contribution in [0.25, 0.3) is 22.4 Å². The molecule has 11 nitrogen and oxygen atoms in total. The molecular formula is C33H31F3N6O5S. The zero-order valence-electron chi connectivity index (χ0n) is 25.4. The number of nitrogens with one attached hydrogen (secondary N) is 2. The summed E-state index contributed by atoms with van der Waals surface area (Å²) in [5, 5.41) is 16.5. The molecule has 48 heavy (non-hydrogen) atoms. The summed E-state index contributed by atoms with van der Waals surface area (Å²) in [5.41, 5.74) is 2.32. The number of hydrogen-bond acceptors (Lipinski definition) is 9. The molecule has 1 spiro atoms. The highest BCUT2D eigenvalue weighted by molar-refractivity contribution is 7.89. The van der Waals surface area contributed by atoms with E-state index < -0.39 is 39.3 Å². The Morgan fingerprint density at radius 1 is 0.938 bits per heavy atom. The Hall–Kier alpha value is -4.44. The number of aliphatic hydroxyl groups is 1. The smallest absolute Gasteiger partial charge is 0.390 e. The van der Waals surface area contributed by atoms with Crippen molar-refractivity contribution in [2.75, 3.05) is 36.9 Å². The van der Waals surface area contributed by atoms with Crippen molar-refractivity contribution in [3.05, 3.63) is 84.3 Å². The third-order valence-electron chi connectivity index (χ3n) is 9.27. The Morgan fingerprint density at radius 2 is 1.67 bits per heavy atom. The molecule has 0 unspecified atom stereocenters. The first kappa shape index (κ1) is 32.1. The van der Waals surface area contributed by atoms with Crippen LogP contribution in [0.5, 0.6) is 0 Å². The summed E-state index contributed by atoms with van der Waals surface area (Å²) in [5.74, 6) is 0.678. The van der Waals surface area contributed by atoms with E-state index in [4.69, 9.17) is 4.74 Å². The van der Waals surface area contributed by atoms with E-state index >= 15 is 0 Å². The predicted molar refractivity (Wildman–Crippen MR) is 169 cm³/mol. The molecule has 4 aromatic rings. The zero-order valence-corrected chi connectivity index (χ0v) is 26.3. The van der Waals surface area contributed by atoms with Gasteiger partial charge in [-0.1, -0.05) is 18.2 Å². The molecule has 250 valence electrons. The van der Waals surface area contributed by atoms with E-state index in [1.807, 2.05) is 18.2 Å². The number of amides is 1. The molecule has 1 aromatic carbocycles. The lowest BCUT2D eigenvalue weighted by molar-refractivity contribution is -0.137. The lowest BCUT2D eigenvalue weighted by Crippen LogP contribution is -2.51. The second-order valence-corrected chi connectivity index (χ2v) is 14.1. The summed E-state index contributed by atoms with van der Waals surface area (Å²) < 4.78 is 72.0. The summed E-state index contributed by atoms with van der Waals surface area (Å²) in [6, 6.07) is 13.6. The number of β-amino-alcohol motifs (C(OH)–C–C–N with tert-alkyl or cyclic N) is 1. The van der Waals surface area contributed by atoms with E-state index in [-0.39, 0.29) is 36.1 Å². The van der Waals surface area contributed by atoms with Gasteiger partial charge in [0.25, 0.3) is 0 Å². The number of halogens is 3. The number of benzene rings is 1. The first-order valence-corrected chi connectivity index (χ1v) is 16.8. The number of aromatic nitrogens is 3. The molecule has 7 rings (SSSR count). The molecule has 0 bridgehead atoms. The van der Waals surface area contributed by atoms with Gasteiger partial charge in [0, 0.05) is 61.6 Å². The van der Waals surface area contributed by atoms with Gasteiger partial charge in [0.15, 0.2) is 0 Å². The van der Waals surface area contributed by atoms with Crippen molar-refractivity contribution in [2.24, 2.45) is 0 Å². The van der Waals surface area contributed by atoms with E-state index in [9.17, 15) is 31.5 Å². The minimum absolute atomic E-state index is 0.0499. The third kappa shape index (κ3) is 5.91. The van der Waals surface area contributed by atoms with Crippen molar-refractivity contribution in [3.8, 4) is 22.4 Å². The lowest BCUT2D eigenvalue weighted by Gasteiger charge is -2.35. The van der Waals surface area contributed by atoms with Crippen LogP contribution >= 0.6 is 0 Å². The third-order valence-corrected chi connectivity index (χ3v) is 11.1. The summed E-state index contributed by atoms with van der Waals surface area (Å²) in [7, 11) is -3.93. The van der Waals surface area contributed by atoms with Crippen molar-refractivity contribution < 1.29 is 36.2 Å². The molecule has 6 heterocycles. The van der Waals surface area contributed by atoms with Gasteiger partial charge in [0.1, 0.15) is 11.6 Å². The SMILES string of the molecule is O=C1Nc2ncc(-c3ccc(-c4ccc(S(=O)(=O)N5CC[C@@H](Nc6ccc(C(F)(F)F)cn6)[C@@H](O)C5)cc4)cn3)cc2C12CCOCC2. The van der Waals surface area contributed by atoms with Crippen LogP contribution in [0, 0.1) is 0 Å². The van der Waals surface area contributed by atoms with Crippen LogP contribution in [-0.4, -0.2) is 77.1 Å². The number of hydrogen-bond donors (Lipinski definition) is 3. The van der Waals surface area contributed by atoms with Crippen LogP contribution in [0.2, 0.25) is 0 Å². The first-order chi connectivity index (χ1) is 22.9. The molecule has 3 aromatic heterocycles. The van der Waals surface area contributed by atoms with Crippen molar-refractivity contribution >= 4 is 27.6 Å². The topological polar surface area (TPSA) is 147 Å². The average molecular weight is 681 g/mol. The molecule has 0 radical (unpaired) electrons. The lowest BCUT2D eigenvalue weighted by atomic mass is 9.75. The number of alkyl halides is 3. The van der Waals surface area contributed by atoms with Crippen molar-refractivity contribution in [3.63, 3.8) is 0 Å². The van der Waals surface area contributed by atoms with Gasteiger partial charge in [-0.3, -0.25) is 9.78 Å². The Balaban J connectivity index is 1.01. The Labute approximate surface area is 274 Å². The van der Waals surface area contributed by atoms with Gasteiger partial charge in [0.2, 0.25) is 15.9 Å².